The van der Waals surface area contributed by atoms with E-state index in [4.69, 9.17) is 4.74 Å². The summed E-state index contributed by atoms with van der Waals surface area (Å²) in [5.41, 5.74) is 0. The van der Waals surface area contributed by atoms with E-state index in [0.29, 0.717) is 12.0 Å². The second-order valence-corrected chi connectivity index (χ2v) is 5.12. The zero-order chi connectivity index (χ0) is 12.1. The molecule has 0 aromatic rings. The Labute approximate surface area is 104 Å². The first-order valence-electron chi connectivity index (χ1n) is 6.86. The summed E-state index contributed by atoms with van der Waals surface area (Å²) in [5.74, 6) is 0.307. The van der Waals surface area contributed by atoms with Gasteiger partial charge in [-0.05, 0) is 32.2 Å². The van der Waals surface area contributed by atoms with Crippen LogP contribution in [0.25, 0.3) is 0 Å². The van der Waals surface area contributed by atoms with Gasteiger partial charge in [0.15, 0.2) is 0 Å². The van der Waals surface area contributed by atoms with E-state index in [2.05, 4.69) is 5.32 Å². The number of nitrogens with one attached hydrogen (secondary N) is 1. The van der Waals surface area contributed by atoms with E-state index in [-0.39, 0.29) is 6.04 Å². The maximum atomic E-state index is 12.3. The van der Waals surface area contributed by atoms with Crippen molar-refractivity contribution >= 4 is 5.91 Å². The number of carbonyl (C=O) groups excluding carboxylic acids is 1. The number of rotatable bonds is 2. The number of carbonyl (C=O) groups is 1. The average Bonchev–Trinajstić information content (AvgIpc) is 2.67. The van der Waals surface area contributed by atoms with E-state index in [1.165, 1.54) is 19.3 Å². The monoisotopic (exact) mass is 240 g/mol. The topological polar surface area (TPSA) is 41.6 Å². The molecule has 2 aliphatic heterocycles. The first-order chi connectivity index (χ1) is 8.31. The van der Waals surface area contributed by atoms with Gasteiger partial charge in [0.05, 0.1) is 12.1 Å². The van der Waals surface area contributed by atoms with Gasteiger partial charge >= 0.3 is 0 Å². The van der Waals surface area contributed by atoms with Gasteiger partial charge in [0.25, 0.3) is 0 Å². The summed E-state index contributed by atoms with van der Waals surface area (Å²) in [4.78, 5) is 14.3. The van der Waals surface area contributed by atoms with Crippen molar-refractivity contribution in [3.05, 3.63) is 0 Å². The zero-order valence-corrected chi connectivity index (χ0v) is 10.8. The minimum atomic E-state index is 0.0663. The third-order valence-electron chi connectivity index (χ3n) is 3.95. The molecule has 98 valence electrons. The van der Waals surface area contributed by atoms with Crippen molar-refractivity contribution in [2.75, 3.05) is 26.7 Å². The van der Waals surface area contributed by atoms with Gasteiger partial charge in [-0.15, -0.1) is 0 Å². The summed E-state index contributed by atoms with van der Waals surface area (Å²) >= 11 is 0. The molecule has 2 rings (SSSR count). The Bertz CT molecular complexity index is 242. The molecule has 1 unspecified atom stereocenters. The molecule has 2 aliphatic rings. The number of nitrogens with zero attached hydrogens (tertiary/aromatic N) is 1. The molecule has 0 aliphatic carbocycles. The van der Waals surface area contributed by atoms with E-state index >= 15 is 0 Å². The van der Waals surface area contributed by atoms with Crippen molar-refractivity contribution in [2.24, 2.45) is 0 Å². The fourth-order valence-electron chi connectivity index (χ4n) is 2.77. The van der Waals surface area contributed by atoms with Gasteiger partial charge in [-0.1, -0.05) is 12.8 Å². The third-order valence-corrected chi connectivity index (χ3v) is 3.95. The number of piperidine rings is 1. The average molecular weight is 240 g/mol. The standard InChI is InChI=1S/C13H24N2O2/c1-17-11-6-9-15(10-7-11)13(16)12-5-3-2-4-8-14-12/h11-12,14H,2-10H2,1H3. The van der Waals surface area contributed by atoms with Crippen LogP contribution in [0.5, 0.6) is 0 Å². The third kappa shape index (κ3) is 3.42. The van der Waals surface area contributed by atoms with Gasteiger partial charge in [-0.2, -0.15) is 0 Å². The quantitative estimate of drug-likeness (QED) is 0.787. The predicted molar refractivity (Wildman–Crippen MR) is 66.9 cm³/mol. The van der Waals surface area contributed by atoms with Crippen molar-refractivity contribution in [3.8, 4) is 0 Å². The van der Waals surface area contributed by atoms with Crippen molar-refractivity contribution in [1.29, 1.82) is 0 Å². The van der Waals surface area contributed by atoms with E-state index < -0.39 is 0 Å². The Kier molecular flexibility index (Phi) is 4.80. The molecule has 0 radical (unpaired) electrons. The van der Waals surface area contributed by atoms with Crippen molar-refractivity contribution in [3.63, 3.8) is 0 Å². The lowest BCUT2D eigenvalue weighted by Crippen LogP contribution is -2.49. The lowest BCUT2D eigenvalue weighted by molar-refractivity contribution is -0.135. The molecule has 2 fully saturated rings. The molecule has 2 saturated heterocycles. The van der Waals surface area contributed by atoms with E-state index in [1.807, 2.05) is 4.90 Å². The van der Waals surface area contributed by atoms with Crippen molar-refractivity contribution < 1.29 is 9.53 Å². The van der Waals surface area contributed by atoms with Gasteiger partial charge in [-0.3, -0.25) is 4.79 Å². The number of ether oxygens (including phenoxy) is 1. The number of hydrogen-bond donors (Lipinski definition) is 1. The first kappa shape index (κ1) is 12.8. The molecule has 1 atom stereocenters. The van der Waals surface area contributed by atoms with Crippen LogP contribution in [0.2, 0.25) is 0 Å². The molecule has 4 nitrogen and oxygen atoms in total. The molecular weight excluding hydrogens is 216 g/mol. The molecule has 2 heterocycles. The smallest absolute Gasteiger partial charge is 0.239 e. The van der Waals surface area contributed by atoms with Crippen LogP contribution < -0.4 is 5.32 Å². The molecule has 0 spiro atoms. The Morgan fingerprint density at radius 1 is 1.18 bits per heavy atom. The molecule has 0 bridgehead atoms. The van der Waals surface area contributed by atoms with Crippen LogP contribution in [0.4, 0.5) is 0 Å². The van der Waals surface area contributed by atoms with Crippen LogP contribution in [-0.2, 0) is 9.53 Å². The predicted octanol–water partition coefficient (Wildman–Crippen LogP) is 1.16. The van der Waals surface area contributed by atoms with Crippen molar-refractivity contribution in [2.45, 2.75) is 50.7 Å². The maximum absolute atomic E-state index is 12.3. The van der Waals surface area contributed by atoms with Gasteiger partial charge in [0.2, 0.25) is 5.91 Å². The van der Waals surface area contributed by atoms with Gasteiger partial charge in [0.1, 0.15) is 0 Å². The normalized spacial score (nSPS) is 27.8. The molecule has 0 aromatic carbocycles. The molecule has 0 saturated carbocycles. The Hall–Kier alpha value is -0.610. The maximum Gasteiger partial charge on any atom is 0.239 e. The summed E-state index contributed by atoms with van der Waals surface area (Å²) in [6.45, 7) is 2.70. The van der Waals surface area contributed by atoms with Crippen LogP contribution in [0.3, 0.4) is 0 Å². The number of hydrogen-bond acceptors (Lipinski definition) is 3. The van der Waals surface area contributed by atoms with Gasteiger partial charge < -0.3 is 15.0 Å². The molecule has 0 aromatic heterocycles. The Balaban J connectivity index is 1.82. The highest BCUT2D eigenvalue weighted by Gasteiger charge is 2.28. The van der Waals surface area contributed by atoms with Crippen LogP contribution in [0, 0.1) is 0 Å². The Morgan fingerprint density at radius 2 is 1.94 bits per heavy atom. The summed E-state index contributed by atoms with van der Waals surface area (Å²) in [5, 5.41) is 3.38. The molecular formula is C13H24N2O2. The summed E-state index contributed by atoms with van der Waals surface area (Å²) < 4.78 is 5.33. The highest BCUT2D eigenvalue weighted by Crippen LogP contribution is 2.16. The summed E-state index contributed by atoms with van der Waals surface area (Å²) in [6.07, 6.45) is 6.95. The van der Waals surface area contributed by atoms with E-state index in [1.54, 1.807) is 7.11 Å². The zero-order valence-electron chi connectivity index (χ0n) is 10.8. The SMILES string of the molecule is COC1CCN(C(=O)C2CCCCCN2)CC1. The highest BCUT2D eigenvalue weighted by atomic mass is 16.5. The lowest BCUT2D eigenvalue weighted by atomic mass is 10.0. The van der Waals surface area contributed by atoms with Crippen LogP contribution in [-0.4, -0.2) is 49.7 Å². The van der Waals surface area contributed by atoms with Crippen molar-refractivity contribution in [1.82, 2.24) is 10.2 Å². The Morgan fingerprint density at radius 3 is 2.65 bits per heavy atom. The highest BCUT2D eigenvalue weighted by molar-refractivity contribution is 5.82. The molecule has 1 amide bonds. The fraction of sp³-hybridized carbons (Fsp3) is 0.923. The van der Waals surface area contributed by atoms with Gasteiger partial charge in [0, 0.05) is 20.2 Å². The second kappa shape index (κ2) is 6.36. The second-order valence-electron chi connectivity index (χ2n) is 5.12. The van der Waals surface area contributed by atoms with Gasteiger partial charge in [-0.25, -0.2) is 0 Å². The van der Waals surface area contributed by atoms with E-state index in [9.17, 15) is 4.79 Å². The summed E-state index contributed by atoms with van der Waals surface area (Å²) in [7, 11) is 1.76. The molecule has 4 heteroatoms. The largest absolute Gasteiger partial charge is 0.381 e. The molecule has 17 heavy (non-hydrogen) atoms. The van der Waals surface area contributed by atoms with Crippen LogP contribution in [0.1, 0.15) is 38.5 Å². The molecule has 1 N–H and O–H groups in total. The van der Waals surface area contributed by atoms with Crippen LogP contribution in [0.15, 0.2) is 0 Å². The number of likely N-dealkylation sites (tertiary alicyclic amines) is 1. The summed E-state index contributed by atoms with van der Waals surface area (Å²) in [6, 6.07) is 0.0663. The van der Waals surface area contributed by atoms with Crippen LogP contribution >= 0.6 is 0 Å². The number of methoxy groups -OCH3 is 1. The number of amides is 1. The lowest BCUT2D eigenvalue weighted by Gasteiger charge is -2.33. The minimum Gasteiger partial charge on any atom is -0.381 e. The van der Waals surface area contributed by atoms with E-state index in [0.717, 1.165) is 38.9 Å². The first-order valence-corrected chi connectivity index (χ1v) is 6.86. The fourth-order valence-corrected chi connectivity index (χ4v) is 2.77. The minimum absolute atomic E-state index is 0.0663.